The average molecular weight is 765 g/mol. The number of ether oxygens (including phenoxy) is 2. The Morgan fingerprint density at radius 2 is 0.821 bits per heavy atom. The standard InChI is InChI=1S/C46H56N2O8/c1-3-5-7-9-11-13-15-17-19-21-41(49)53-35-27-29-37-39(31-35)47-43(55-45(37)51)33-23-25-34(26-24-33)44-48-40-32-36(28-30-38(40)46(52)56-44)54-42(50)22-20-18-16-14-12-10-8-6-4-2/h23-32H,3-22H2,1-2H3. The predicted octanol–water partition coefficient (Wildman–Crippen LogP) is 11.7. The van der Waals surface area contributed by atoms with E-state index < -0.39 is 11.3 Å². The molecule has 0 aliphatic rings. The van der Waals surface area contributed by atoms with Crippen LogP contribution in [0.4, 0.5) is 0 Å². The fourth-order valence-corrected chi connectivity index (χ4v) is 6.76. The van der Waals surface area contributed by atoms with Gasteiger partial charge in [-0.2, -0.15) is 0 Å². The molecular formula is C46H56N2O8. The maximum absolute atomic E-state index is 12.9. The van der Waals surface area contributed by atoms with Crippen molar-refractivity contribution in [1.82, 2.24) is 9.97 Å². The summed E-state index contributed by atoms with van der Waals surface area (Å²) in [5.41, 5.74) is 0.526. The van der Waals surface area contributed by atoms with Gasteiger partial charge >= 0.3 is 23.2 Å². The van der Waals surface area contributed by atoms with Gasteiger partial charge in [0, 0.05) is 36.1 Å². The number of esters is 2. The van der Waals surface area contributed by atoms with Crippen LogP contribution in [0.25, 0.3) is 44.7 Å². The van der Waals surface area contributed by atoms with Crippen LogP contribution in [0.5, 0.6) is 11.5 Å². The maximum Gasteiger partial charge on any atom is 0.347 e. The highest BCUT2D eigenvalue weighted by Crippen LogP contribution is 2.27. The van der Waals surface area contributed by atoms with Crippen LogP contribution in [0.3, 0.4) is 0 Å². The van der Waals surface area contributed by atoms with Crippen LogP contribution < -0.4 is 20.7 Å². The molecule has 10 nitrogen and oxygen atoms in total. The first-order chi connectivity index (χ1) is 27.3. The Kier molecular flexibility index (Phi) is 16.8. The van der Waals surface area contributed by atoms with E-state index in [0.29, 0.717) is 46.5 Å². The second-order valence-corrected chi connectivity index (χ2v) is 14.7. The van der Waals surface area contributed by atoms with Crippen molar-refractivity contribution in [2.75, 3.05) is 0 Å². The maximum atomic E-state index is 12.9. The predicted molar refractivity (Wildman–Crippen MR) is 220 cm³/mol. The minimum Gasteiger partial charge on any atom is -0.426 e. The summed E-state index contributed by atoms with van der Waals surface area (Å²) in [5, 5.41) is 0.527. The third-order valence-corrected chi connectivity index (χ3v) is 10.0. The molecule has 0 aliphatic heterocycles. The smallest absolute Gasteiger partial charge is 0.347 e. The molecule has 0 N–H and O–H groups in total. The Hall–Kier alpha value is -5.12. The molecule has 0 saturated heterocycles. The summed E-state index contributed by atoms with van der Waals surface area (Å²) in [5.74, 6) is 0.144. The first-order valence-corrected chi connectivity index (χ1v) is 20.8. The molecule has 0 unspecified atom stereocenters. The Labute approximate surface area is 329 Å². The molecule has 0 aliphatic carbocycles. The molecule has 5 rings (SSSR count). The number of fused-ring (bicyclic) bond motifs is 2. The highest BCUT2D eigenvalue weighted by Gasteiger charge is 2.15. The highest BCUT2D eigenvalue weighted by molar-refractivity contribution is 5.83. The molecule has 0 radical (unpaired) electrons. The molecule has 2 aromatic heterocycles. The van der Waals surface area contributed by atoms with E-state index >= 15 is 0 Å². The number of aromatic nitrogens is 2. The van der Waals surface area contributed by atoms with Crippen molar-refractivity contribution in [1.29, 1.82) is 0 Å². The minimum absolute atomic E-state index is 0.0778. The van der Waals surface area contributed by atoms with Gasteiger partial charge in [0.1, 0.15) is 11.5 Å². The Balaban J connectivity index is 1.16. The van der Waals surface area contributed by atoms with Gasteiger partial charge in [0.05, 0.1) is 21.8 Å². The summed E-state index contributed by atoms with van der Waals surface area (Å²) >= 11 is 0. The first-order valence-electron chi connectivity index (χ1n) is 20.8. The van der Waals surface area contributed by atoms with Crippen LogP contribution >= 0.6 is 0 Å². The zero-order chi connectivity index (χ0) is 39.5. The van der Waals surface area contributed by atoms with Crippen molar-refractivity contribution in [2.24, 2.45) is 0 Å². The molecule has 56 heavy (non-hydrogen) atoms. The van der Waals surface area contributed by atoms with E-state index in [1.54, 1.807) is 60.7 Å². The summed E-state index contributed by atoms with van der Waals surface area (Å²) in [7, 11) is 0. The van der Waals surface area contributed by atoms with Crippen molar-refractivity contribution >= 4 is 33.7 Å². The van der Waals surface area contributed by atoms with Gasteiger partial charge in [0.25, 0.3) is 0 Å². The molecule has 5 aromatic rings. The van der Waals surface area contributed by atoms with Crippen LogP contribution in [0.15, 0.2) is 79.1 Å². The van der Waals surface area contributed by atoms with E-state index in [1.807, 2.05) is 0 Å². The second-order valence-electron chi connectivity index (χ2n) is 14.7. The van der Waals surface area contributed by atoms with Crippen molar-refractivity contribution in [3.63, 3.8) is 0 Å². The monoisotopic (exact) mass is 764 g/mol. The van der Waals surface area contributed by atoms with Crippen molar-refractivity contribution < 1.29 is 27.9 Å². The van der Waals surface area contributed by atoms with E-state index in [4.69, 9.17) is 18.3 Å². The lowest BCUT2D eigenvalue weighted by molar-refractivity contribution is -0.135. The van der Waals surface area contributed by atoms with Crippen molar-refractivity contribution in [2.45, 2.75) is 142 Å². The van der Waals surface area contributed by atoms with Crippen LogP contribution in [0, 0.1) is 0 Å². The molecule has 0 atom stereocenters. The average Bonchev–Trinajstić information content (AvgIpc) is 3.19. The van der Waals surface area contributed by atoms with Gasteiger partial charge in [0.2, 0.25) is 11.8 Å². The van der Waals surface area contributed by atoms with Gasteiger partial charge in [-0.25, -0.2) is 19.6 Å². The Morgan fingerprint density at radius 1 is 0.482 bits per heavy atom. The van der Waals surface area contributed by atoms with E-state index in [9.17, 15) is 19.2 Å². The fourth-order valence-electron chi connectivity index (χ4n) is 6.76. The van der Waals surface area contributed by atoms with Crippen molar-refractivity contribution in [3.05, 3.63) is 81.5 Å². The normalized spacial score (nSPS) is 11.3. The minimum atomic E-state index is -0.575. The molecule has 10 heteroatoms. The summed E-state index contributed by atoms with van der Waals surface area (Å²) in [4.78, 5) is 59.9. The summed E-state index contributed by atoms with van der Waals surface area (Å²) in [6, 6.07) is 16.1. The lowest BCUT2D eigenvalue weighted by Gasteiger charge is -2.07. The first kappa shape index (κ1) is 42.0. The highest BCUT2D eigenvalue weighted by atomic mass is 16.5. The lowest BCUT2D eigenvalue weighted by atomic mass is 10.1. The fraction of sp³-hybridized carbons (Fsp3) is 0.478. The zero-order valence-corrected chi connectivity index (χ0v) is 33.1. The van der Waals surface area contributed by atoms with Gasteiger partial charge in [-0.15, -0.1) is 0 Å². The summed E-state index contributed by atoms with van der Waals surface area (Å²) in [6.45, 7) is 4.43. The van der Waals surface area contributed by atoms with Crippen LogP contribution in [-0.2, 0) is 9.59 Å². The summed E-state index contributed by atoms with van der Waals surface area (Å²) < 4.78 is 22.2. The number of hydrogen-bond acceptors (Lipinski definition) is 10. The summed E-state index contributed by atoms with van der Waals surface area (Å²) in [6.07, 6.45) is 21.5. The van der Waals surface area contributed by atoms with Crippen LogP contribution in [-0.4, -0.2) is 21.9 Å². The molecular weight excluding hydrogens is 709 g/mol. The van der Waals surface area contributed by atoms with E-state index in [2.05, 4.69) is 23.8 Å². The Bertz CT molecular complexity index is 1980. The van der Waals surface area contributed by atoms with Gasteiger partial charge < -0.3 is 18.3 Å². The molecule has 0 saturated carbocycles. The van der Waals surface area contributed by atoms with Gasteiger partial charge in [-0.1, -0.05) is 117 Å². The quantitative estimate of drug-likeness (QED) is 0.0339. The van der Waals surface area contributed by atoms with E-state index in [-0.39, 0.29) is 34.5 Å². The molecule has 0 fully saturated rings. The number of carbonyl (C=O) groups excluding carboxylic acids is 2. The molecule has 298 valence electrons. The third kappa shape index (κ3) is 13.0. The number of carbonyl (C=O) groups is 2. The number of unbranched alkanes of at least 4 members (excludes halogenated alkanes) is 16. The van der Waals surface area contributed by atoms with Crippen LogP contribution in [0.2, 0.25) is 0 Å². The number of rotatable bonds is 24. The number of nitrogens with zero attached hydrogens (tertiary/aromatic N) is 2. The number of benzene rings is 3. The zero-order valence-electron chi connectivity index (χ0n) is 33.1. The van der Waals surface area contributed by atoms with Crippen molar-refractivity contribution in [3.8, 4) is 34.4 Å². The molecule has 0 bridgehead atoms. The molecule has 3 aromatic carbocycles. The van der Waals surface area contributed by atoms with E-state index in [1.165, 1.54) is 77.0 Å². The van der Waals surface area contributed by atoms with Gasteiger partial charge in [-0.3, -0.25) is 9.59 Å². The second kappa shape index (κ2) is 22.4. The lowest BCUT2D eigenvalue weighted by Crippen LogP contribution is -2.08. The topological polar surface area (TPSA) is 139 Å². The number of hydrogen-bond donors (Lipinski definition) is 0. The molecule has 0 amide bonds. The van der Waals surface area contributed by atoms with Gasteiger partial charge in [-0.05, 0) is 61.4 Å². The molecule has 0 spiro atoms. The Morgan fingerprint density at radius 3 is 1.18 bits per heavy atom. The van der Waals surface area contributed by atoms with E-state index in [0.717, 1.165) is 38.5 Å². The van der Waals surface area contributed by atoms with Crippen LogP contribution in [0.1, 0.15) is 142 Å². The SMILES string of the molecule is CCCCCCCCCCCC(=O)Oc1ccc2c(=O)oc(-c3ccc(-c4nc5cc(OC(=O)CCCCCCCCCCC)ccc5c(=O)o4)cc3)nc2c1. The third-order valence-electron chi connectivity index (χ3n) is 10.0. The molecule has 2 heterocycles. The largest absolute Gasteiger partial charge is 0.426 e. The van der Waals surface area contributed by atoms with Gasteiger partial charge in [0.15, 0.2) is 0 Å².